The molecular weight excluding hydrogens is 456 g/mol. The lowest BCUT2D eigenvalue weighted by atomic mass is 9.80. The third kappa shape index (κ3) is 4.84. The van der Waals surface area contributed by atoms with Gasteiger partial charge in [-0.1, -0.05) is 62.4 Å². The molecule has 2 aliphatic carbocycles. The fourth-order valence-electron chi connectivity index (χ4n) is 6.21. The smallest absolute Gasteiger partial charge is 0.414 e. The van der Waals surface area contributed by atoms with Gasteiger partial charge in [0.2, 0.25) is 5.91 Å². The van der Waals surface area contributed by atoms with Gasteiger partial charge in [0.05, 0.1) is 18.2 Å². The molecule has 1 N–H and O–H groups in total. The number of hydrogen-bond acceptors (Lipinski definition) is 4. The zero-order valence-corrected chi connectivity index (χ0v) is 20.9. The second kappa shape index (κ2) is 9.60. The SMILES string of the molecule is CC1(C)CC2C(C1)N(C(=O)OCc1ccccc1)c1ccccc1C2N(C(=O)CCC(=O)O)C1CC1. The van der Waals surface area contributed by atoms with E-state index in [0.29, 0.717) is 0 Å². The molecule has 1 aliphatic heterocycles. The van der Waals surface area contributed by atoms with Crippen molar-refractivity contribution in [3.05, 3.63) is 65.7 Å². The highest BCUT2D eigenvalue weighted by molar-refractivity contribution is 5.91. The van der Waals surface area contributed by atoms with E-state index in [-0.39, 0.29) is 60.9 Å². The first-order valence-corrected chi connectivity index (χ1v) is 12.9. The number of amides is 2. The number of aliphatic carboxylic acids is 1. The number of rotatable bonds is 7. The van der Waals surface area contributed by atoms with Crippen LogP contribution < -0.4 is 4.90 Å². The molecule has 36 heavy (non-hydrogen) atoms. The Kier molecular flexibility index (Phi) is 6.49. The van der Waals surface area contributed by atoms with Crippen molar-refractivity contribution >= 4 is 23.7 Å². The summed E-state index contributed by atoms with van der Waals surface area (Å²) >= 11 is 0. The standard InChI is InChI=1S/C29H34N2O5/c1-29(2)16-22-24(17-29)31(28(35)36-18-19-8-4-3-5-9-19)23-11-7-6-10-21(23)27(22)30(20-12-13-20)25(32)14-15-26(33)34/h3-11,20,22,24,27H,12-18H2,1-2H3,(H,33,34). The zero-order valence-electron chi connectivity index (χ0n) is 20.9. The van der Waals surface area contributed by atoms with Gasteiger partial charge in [0.25, 0.3) is 0 Å². The monoisotopic (exact) mass is 490 g/mol. The van der Waals surface area contributed by atoms with Gasteiger partial charge in [-0.15, -0.1) is 0 Å². The van der Waals surface area contributed by atoms with E-state index in [2.05, 4.69) is 13.8 Å². The van der Waals surface area contributed by atoms with E-state index in [1.165, 1.54) is 0 Å². The van der Waals surface area contributed by atoms with Crippen LogP contribution in [0.25, 0.3) is 0 Å². The van der Waals surface area contributed by atoms with Gasteiger partial charge in [0, 0.05) is 24.4 Å². The summed E-state index contributed by atoms with van der Waals surface area (Å²) in [5, 5.41) is 9.19. The Bertz CT molecular complexity index is 1140. The quantitative estimate of drug-likeness (QED) is 0.550. The average Bonchev–Trinajstić information content (AvgIpc) is 3.63. The topological polar surface area (TPSA) is 87.2 Å². The molecule has 0 aromatic heterocycles. The molecular formula is C29H34N2O5. The predicted octanol–water partition coefficient (Wildman–Crippen LogP) is 5.55. The van der Waals surface area contributed by atoms with Gasteiger partial charge < -0.3 is 14.7 Å². The number of fused-ring (bicyclic) bond motifs is 2. The van der Waals surface area contributed by atoms with Crippen LogP contribution in [0.5, 0.6) is 0 Å². The minimum Gasteiger partial charge on any atom is -0.481 e. The van der Waals surface area contributed by atoms with Crippen LogP contribution in [0, 0.1) is 11.3 Å². The summed E-state index contributed by atoms with van der Waals surface area (Å²) in [4.78, 5) is 42.0. The molecule has 2 saturated carbocycles. The summed E-state index contributed by atoms with van der Waals surface area (Å²) in [5.41, 5.74) is 2.66. The van der Waals surface area contributed by atoms with Crippen LogP contribution in [-0.4, -0.2) is 40.1 Å². The van der Waals surface area contributed by atoms with E-state index < -0.39 is 5.97 Å². The Morgan fingerprint density at radius 1 is 1.00 bits per heavy atom. The van der Waals surface area contributed by atoms with Crippen LogP contribution in [0.3, 0.4) is 0 Å². The van der Waals surface area contributed by atoms with Gasteiger partial charge in [0.15, 0.2) is 0 Å². The summed E-state index contributed by atoms with van der Waals surface area (Å²) in [6, 6.07) is 17.3. The summed E-state index contributed by atoms with van der Waals surface area (Å²) in [7, 11) is 0. The molecule has 3 aliphatic rings. The Labute approximate surface area is 212 Å². The molecule has 190 valence electrons. The first-order valence-electron chi connectivity index (χ1n) is 12.9. The predicted molar refractivity (Wildman–Crippen MR) is 135 cm³/mol. The Morgan fingerprint density at radius 3 is 2.39 bits per heavy atom. The molecule has 0 bridgehead atoms. The zero-order chi connectivity index (χ0) is 25.4. The highest BCUT2D eigenvalue weighted by atomic mass is 16.6. The molecule has 3 atom stereocenters. The molecule has 0 saturated heterocycles. The minimum absolute atomic E-state index is 0.00584. The molecule has 5 rings (SSSR count). The van der Waals surface area contributed by atoms with Gasteiger partial charge in [0.1, 0.15) is 6.61 Å². The van der Waals surface area contributed by atoms with Crippen molar-refractivity contribution in [3.63, 3.8) is 0 Å². The van der Waals surface area contributed by atoms with Crippen LogP contribution in [0.1, 0.15) is 69.5 Å². The van der Waals surface area contributed by atoms with Crippen LogP contribution in [-0.2, 0) is 20.9 Å². The van der Waals surface area contributed by atoms with E-state index in [9.17, 15) is 19.5 Å². The minimum atomic E-state index is -0.963. The van der Waals surface area contributed by atoms with Crippen LogP contribution in [0.2, 0.25) is 0 Å². The number of nitrogens with zero attached hydrogens (tertiary/aromatic N) is 2. The van der Waals surface area contributed by atoms with E-state index in [0.717, 1.165) is 42.5 Å². The Hall–Kier alpha value is -3.35. The van der Waals surface area contributed by atoms with Crippen molar-refractivity contribution in [1.29, 1.82) is 0 Å². The normalized spacial score (nSPS) is 23.9. The van der Waals surface area contributed by atoms with Gasteiger partial charge in [-0.3, -0.25) is 14.5 Å². The number of carboxylic acid groups (broad SMARTS) is 1. The lowest BCUT2D eigenvalue weighted by molar-refractivity contribution is -0.142. The van der Waals surface area contributed by atoms with E-state index in [4.69, 9.17) is 4.74 Å². The summed E-state index contributed by atoms with van der Waals surface area (Å²) < 4.78 is 5.81. The molecule has 2 aromatic rings. The number of hydrogen-bond donors (Lipinski definition) is 1. The van der Waals surface area contributed by atoms with Crippen LogP contribution >= 0.6 is 0 Å². The lowest BCUT2D eigenvalue weighted by Gasteiger charge is -2.47. The fraction of sp³-hybridized carbons (Fsp3) is 0.483. The molecule has 0 spiro atoms. The van der Waals surface area contributed by atoms with E-state index in [1.54, 1.807) is 0 Å². The molecule has 7 heteroatoms. The van der Waals surface area contributed by atoms with E-state index in [1.807, 2.05) is 64.4 Å². The number of ether oxygens (including phenoxy) is 1. The van der Waals surface area contributed by atoms with Gasteiger partial charge in [-0.2, -0.15) is 0 Å². The van der Waals surface area contributed by atoms with Crippen molar-refractivity contribution in [2.45, 2.75) is 77.1 Å². The van der Waals surface area contributed by atoms with Gasteiger partial charge in [-0.05, 0) is 48.3 Å². The molecule has 0 radical (unpaired) electrons. The average molecular weight is 491 g/mol. The number of carbonyl (C=O) groups excluding carboxylic acids is 2. The van der Waals surface area contributed by atoms with Crippen LogP contribution in [0.4, 0.5) is 10.5 Å². The first kappa shape index (κ1) is 24.3. The van der Waals surface area contributed by atoms with Crippen molar-refractivity contribution in [2.24, 2.45) is 11.3 Å². The van der Waals surface area contributed by atoms with Crippen molar-refractivity contribution in [1.82, 2.24) is 4.90 Å². The second-order valence-electron chi connectivity index (χ2n) is 11.1. The van der Waals surface area contributed by atoms with Crippen molar-refractivity contribution in [3.8, 4) is 0 Å². The van der Waals surface area contributed by atoms with Gasteiger partial charge in [-0.25, -0.2) is 4.79 Å². The first-order chi connectivity index (χ1) is 17.2. The maximum absolute atomic E-state index is 13.6. The highest BCUT2D eigenvalue weighted by Gasteiger charge is 2.55. The number of carboxylic acids is 1. The largest absolute Gasteiger partial charge is 0.481 e. The Morgan fingerprint density at radius 2 is 1.69 bits per heavy atom. The molecule has 2 aromatic carbocycles. The number of para-hydroxylation sites is 1. The van der Waals surface area contributed by atoms with Crippen molar-refractivity contribution in [2.75, 3.05) is 4.90 Å². The highest BCUT2D eigenvalue weighted by Crippen LogP contribution is 2.57. The van der Waals surface area contributed by atoms with Crippen molar-refractivity contribution < 1.29 is 24.2 Å². The second-order valence-corrected chi connectivity index (χ2v) is 11.1. The summed E-state index contributed by atoms with van der Waals surface area (Å²) in [6.45, 7) is 4.63. The maximum atomic E-state index is 13.6. The van der Waals surface area contributed by atoms with E-state index >= 15 is 0 Å². The number of carbonyl (C=O) groups is 3. The molecule has 2 fully saturated rings. The molecule has 2 amide bonds. The Balaban J connectivity index is 1.50. The van der Waals surface area contributed by atoms with Crippen LogP contribution in [0.15, 0.2) is 54.6 Å². The fourth-order valence-corrected chi connectivity index (χ4v) is 6.21. The molecule has 3 unspecified atom stereocenters. The maximum Gasteiger partial charge on any atom is 0.414 e. The third-order valence-corrected chi connectivity index (χ3v) is 7.78. The molecule has 1 heterocycles. The summed E-state index contributed by atoms with van der Waals surface area (Å²) in [5.74, 6) is -1.02. The molecule has 7 nitrogen and oxygen atoms in total. The summed E-state index contributed by atoms with van der Waals surface area (Å²) in [6.07, 6.45) is 3.00. The third-order valence-electron chi connectivity index (χ3n) is 7.78. The van der Waals surface area contributed by atoms with Gasteiger partial charge >= 0.3 is 12.1 Å². The number of benzene rings is 2. The number of anilines is 1. The lowest BCUT2D eigenvalue weighted by Crippen LogP contribution is -2.53.